The average Bonchev–Trinajstić information content (AvgIpc) is 3.01. The molecule has 0 aromatic heterocycles. The van der Waals surface area contributed by atoms with Gasteiger partial charge in [-0.25, -0.2) is 0 Å². The predicted molar refractivity (Wildman–Crippen MR) is 121 cm³/mol. The Bertz CT molecular complexity index is 1230. The molecule has 1 aromatic carbocycles. The Kier molecular flexibility index (Phi) is 4.64. The van der Waals surface area contributed by atoms with E-state index in [9.17, 15) is 24.3 Å². The molecule has 3 aliphatic carbocycles. The van der Waals surface area contributed by atoms with Crippen molar-refractivity contribution in [2.75, 3.05) is 0 Å². The Morgan fingerprint density at radius 3 is 2.42 bits per heavy atom. The van der Waals surface area contributed by atoms with Crippen molar-refractivity contribution in [3.8, 4) is 5.75 Å². The van der Waals surface area contributed by atoms with Gasteiger partial charge in [-0.15, -0.1) is 0 Å². The van der Waals surface area contributed by atoms with E-state index in [1.807, 2.05) is 32.9 Å². The van der Waals surface area contributed by atoms with Gasteiger partial charge in [0.05, 0.1) is 11.8 Å². The fraction of sp³-hybridized carbons (Fsp3) is 0.407. The fourth-order valence-corrected chi connectivity index (χ4v) is 6.11. The average molecular weight is 446 g/mol. The Morgan fingerprint density at radius 1 is 1.03 bits per heavy atom. The third kappa shape index (κ3) is 3.07. The number of nitrogens with zero attached hydrogens (tertiary/aromatic N) is 1. The molecule has 4 atom stereocenters. The van der Waals surface area contributed by atoms with Crippen LogP contribution in [0.1, 0.15) is 52.0 Å². The quantitative estimate of drug-likeness (QED) is 0.405. The number of likely N-dealkylation sites (tertiary alicyclic amines) is 1. The molecule has 1 heterocycles. The van der Waals surface area contributed by atoms with E-state index in [0.29, 0.717) is 28.7 Å². The molecule has 0 radical (unpaired) electrons. The molecular formula is C27H27NO5. The third-order valence-electron chi connectivity index (χ3n) is 7.44. The number of phenols is 1. The van der Waals surface area contributed by atoms with Crippen molar-refractivity contribution >= 4 is 23.4 Å². The maximum absolute atomic E-state index is 13.6. The molecule has 0 spiro atoms. The van der Waals surface area contributed by atoms with Gasteiger partial charge >= 0.3 is 0 Å². The molecule has 1 aliphatic heterocycles. The molecule has 0 saturated carbocycles. The van der Waals surface area contributed by atoms with Crippen LogP contribution >= 0.6 is 0 Å². The molecule has 1 N–H and O–H groups in total. The number of aromatic hydroxyl groups is 1. The van der Waals surface area contributed by atoms with Gasteiger partial charge in [0.2, 0.25) is 11.8 Å². The zero-order valence-corrected chi connectivity index (χ0v) is 19.2. The van der Waals surface area contributed by atoms with Crippen LogP contribution in [-0.2, 0) is 19.2 Å². The van der Waals surface area contributed by atoms with E-state index < -0.39 is 23.3 Å². The molecule has 6 heteroatoms. The molecule has 1 saturated heterocycles. The summed E-state index contributed by atoms with van der Waals surface area (Å²) in [4.78, 5) is 54.5. The van der Waals surface area contributed by atoms with Crippen molar-refractivity contribution in [1.29, 1.82) is 0 Å². The predicted octanol–water partition coefficient (Wildman–Crippen LogP) is 3.62. The van der Waals surface area contributed by atoms with Gasteiger partial charge in [-0.05, 0) is 70.2 Å². The van der Waals surface area contributed by atoms with Crippen molar-refractivity contribution in [1.82, 2.24) is 4.90 Å². The van der Waals surface area contributed by atoms with Crippen molar-refractivity contribution < 1.29 is 24.3 Å². The van der Waals surface area contributed by atoms with Gasteiger partial charge in [0.1, 0.15) is 5.75 Å². The summed E-state index contributed by atoms with van der Waals surface area (Å²) in [5.41, 5.74) is 2.23. The highest BCUT2D eigenvalue weighted by atomic mass is 16.3. The number of fused-ring (bicyclic) bond motifs is 3. The van der Waals surface area contributed by atoms with Crippen molar-refractivity contribution in [2.24, 2.45) is 17.8 Å². The van der Waals surface area contributed by atoms with E-state index in [1.165, 1.54) is 11.0 Å². The Balaban J connectivity index is 1.69. The molecule has 6 nitrogen and oxygen atoms in total. The summed E-state index contributed by atoms with van der Waals surface area (Å²) in [6.45, 7) is 7.19. The van der Waals surface area contributed by atoms with Gasteiger partial charge < -0.3 is 5.11 Å². The first kappa shape index (κ1) is 21.6. The van der Waals surface area contributed by atoms with Crippen LogP contribution < -0.4 is 0 Å². The van der Waals surface area contributed by atoms with Crippen LogP contribution in [-0.4, -0.2) is 38.9 Å². The van der Waals surface area contributed by atoms with Crippen LogP contribution in [0, 0.1) is 17.8 Å². The van der Waals surface area contributed by atoms with Gasteiger partial charge in [-0.2, -0.15) is 0 Å². The van der Waals surface area contributed by atoms with E-state index in [2.05, 4.69) is 0 Å². The van der Waals surface area contributed by atoms with Crippen LogP contribution in [0.2, 0.25) is 0 Å². The van der Waals surface area contributed by atoms with Crippen LogP contribution in [0.5, 0.6) is 5.75 Å². The molecular weight excluding hydrogens is 418 g/mol. The molecule has 2 amide bonds. The maximum Gasteiger partial charge on any atom is 0.234 e. The number of hydrogen-bond donors (Lipinski definition) is 1. The smallest absolute Gasteiger partial charge is 0.234 e. The van der Waals surface area contributed by atoms with Crippen molar-refractivity contribution in [3.05, 3.63) is 64.3 Å². The summed E-state index contributed by atoms with van der Waals surface area (Å²) in [5.74, 6) is -2.57. The highest BCUT2D eigenvalue weighted by Gasteiger charge is 2.58. The lowest BCUT2D eigenvalue weighted by Gasteiger charge is -2.42. The first-order chi connectivity index (χ1) is 15.5. The Hall–Kier alpha value is -3.28. The van der Waals surface area contributed by atoms with E-state index in [0.717, 1.165) is 5.57 Å². The van der Waals surface area contributed by atoms with Gasteiger partial charge in [-0.3, -0.25) is 24.1 Å². The van der Waals surface area contributed by atoms with Crippen LogP contribution in [0.4, 0.5) is 0 Å². The first-order valence-corrected chi connectivity index (χ1v) is 11.4. The second-order valence-electron chi connectivity index (χ2n) is 10.5. The van der Waals surface area contributed by atoms with Crippen molar-refractivity contribution in [2.45, 2.75) is 52.0 Å². The molecule has 0 bridgehead atoms. The highest BCUT2D eigenvalue weighted by Crippen LogP contribution is 2.55. The van der Waals surface area contributed by atoms with Gasteiger partial charge in [0.25, 0.3) is 0 Å². The highest BCUT2D eigenvalue weighted by molar-refractivity contribution is 6.23. The molecule has 33 heavy (non-hydrogen) atoms. The number of benzene rings is 1. The Labute approximate surface area is 192 Å². The largest absolute Gasteiger partial charge is 0.508 e. The number of phenolic OH excluding ortho intramolecular Hbond substituents is 1. The second-order valence-corrected chi connectivity index (χ2v) is 10.5. The number of imide groups is 1. The van der Waals surface area contributed by atoms with Crippen LogP contribution in [0.25, 0.3) is 0 Å². The zero-order valence-electron chi connectivity index (χ0n) is 19.2. The number of hydrogen-bond acceptors (Lipinski definition) is 5. The number of amides is 2. The summed E-state index contributed by atoms with van der Waals surface area (Å²) in [6, 6.07) is 6.71. The number of rotatable bonds is 1. The summed E-state index contributed by atoms with van der Waals surface area (Å²) in [7, 11) is 0. The third-order valence-corrected chi connectivity index (χ3v) is 7.44. The standard InChI is InChI=1S/C27H27NO5/c1-13-10-20(30)19-12-18-16(21(23(19)24(13)31)14-6-5-7-15(29)11-14)8-9-17-22(18)26(33)28(25(17)32)27(2,3)4/h5-8,10-11,17-18,21-22,29H,9,12H2,1-4H3. The lowest BCUT2D eigenvalue weighted by molar-refractivity contribution is -0.145. The summed E-state index contributed by atoms with van der Waals surface area (Å²) in [5, 5.41) is 10.2. The summed E-state index contributed by atoms with van der Waals surface area (Å²) < 4.78 is 0. The molecule has 4 aliphatic rings. The molecule has 5 rings (SSSR count). The molecule has 1 fully saturated rings. The molecule has 1 aromatic rings. The first-order valence-electron chi connectivity index (χ1n) is 11.4. The van der Waals surface area contributed by atoms with Gasteiger partial charge in [0, 0.05) is 28.2 Å². The van der Waals surface area contributed by atoms with E-state index in [4.69, 9.17) is 0 Å². The SMILES string of the molecule is CC1=CC(=O)C2=C(C1=O)C(c1cccc(O)c1)C1=CCC3C(=O)N(C(C)(C)C)C(=O)C3C1C2. The normalized spacial score (nSPS) is 29.5. The topological polar surface area (TPSA) is 91.8 Å². The summed E-state index contributed by atoms with van der Waals surface area (Å²) >= 11 is 0. The number of Topliss-reactive ketones (excluding diaryl/α,β-unsaturated/α-hetero) is 1. The number of allylic oxidation sites excluding steroid dienone is 6. The van der Waals surface area contributed by atoms with E-state index >= 15 is 0 Å². The van der Waals surface area contributed by atoms with E-state index in [1.54, 1.807) is 25.1 Å². The second kappa shape index (κ2) is 7.11. The molecule has 170 valence electrons. The van der Waals surface area contributed by atoms with Crippen LogP contribution in [0.15, 0.2) is 58.7 Å². The monoisotopic (exact) mass is 445 g/mol. The minimum Gasteiger partial charge on any atom is -0.508 e. The van der Waals surface area contributed by atoms with Crippen molar-refractivity contribution in [3.63, 3.8) is 0 Å². The fourth-order valence-electron chi connectivity index (χ4n) is 6.11. The molecule has 4 unspecified atom stereocenters. The van der Waals surface area contributed by atoms with Gasteiger partial charge in [0.15, 0.2) is 11.6 Å². The zero-order chi connectivity index (χ0) is 23.8. The lowest BCUT2D eigenvalue weighted by atomic mass is 9.59. The number of carbonyl (C=O) groups is 4. The van der Waals surface area contributed by atoms with E-state index in [-0.39, 0.29) is 41.5 Å². The number of carbonyl (C=O) groups excluding carboxylic acids is 4. The van der Waals surface area contributed by atoms with Crippen LogP contribution in [0.3, 0.4) is 0 Å². The summed E-state index contributed by atoms with van der Waals surface area (Å²) in [6.07, 6.45) is 4.05. The minimum atomic E-state index is -0.633. The van der Waals surface area contributed by atoms with Gasteiger partial charge in [-0.1, -0.05) is 23.8 Å². The maximum atomic E-state index is 13.6. The minimum absolute atomic E-state index is 0.0685. The number of ketones is 2. The Morgan fingerprint density at radius 2 is 1.76 bits per heavy atom. The lowest BCUT2D eigenvalue weighted by Crippen LogP contribution is -2.46.